The van der Waals surface area contributed by atoms with Gasteiger partial charge in [-0.15, -0.1) is 0 Å². The van der Waals surface area contributed by atoms with Gasteiger partial charge in [0.05, 0.1) is 16.8 Å². The third kappa shape index (κ3) is 4.46. The number of nitrogens with one attached hydrogen (secondary N) is 2. The van der Waals surface area contributed by atoms with Gasteiger partial charge in [0, 0.05) is 5.69 Å². The van der Waals surface area contributed by atoms with Gasteiger partial charge in [-0.2, -0.15) is 0 Å². The zero-order chi connectivity index (χ0) is 17.3. The van der Waals surface area contributed by atoms with E-state index in [-0.39, 0.29) is 4.90 Å². The molecule has 0 unspecified atom stereocenters. The molecule has 0 saturated carbocycles. The van der Waals surface area contributed by atoms with Crippen molar-refractivity contribution in [2.45, 2.75) is 18.7 Å². The molecule has 0 bridgehead atoms. The fourth-order valence-electron chi connectivity index (χ4n) is 2.08. The lowest BCUT2D eigenvalue weighted by Gasteiger charge is -2.13. The molecule has 124 valence electrons. The summed E-state index contributed by atoms with van der Waals surface area (Å²) < 4.78 is 52.1. The molecule has 0 spiro atoms. The van der Waals surface area contributed by atoms with Crippen LogP contribution in [0, 0.1) is 13.8 Å². The maximum absolute atomic E-state index is 12.5. The first-order valence-electron chi connectivity index (χ1n) is 6.75. The Morgan fingerprint density at radius 1 is 0.783 bits per heavy atom. The van der Waals surface area contributed by atoms with Crippen LogP contribution in [0.4, 0.5) is 11.4 Å². The molecule has 0 aliphatic rings. The average molecular weight is 354 g/mol. The smallest absolute Gasteiger partial charge is 0.261 e. The topological polar surface area (TPSA) is 92.3 Å². The van der Waals surface area contributed by atoms with E-state index < -0.39 is 20.0 Å². The molecule has 8 heteroatoms. The number of sulfonamides is 2. The molecule has 23 heavy (non-hydrogen) atoms. The molecule has 0 aliphatic heterocycles. The number of aryl methyl sites for hydroxylation is 2. The van der Waals surface area contributed by atoms with E-state index in [9.17, 15) is 16.8 Å². The highest BCUT2D eigenvalue weighted by Crippen LogP contribution is 2.24. The summed E-state index contributed by atoms with van der Waals surface area (Å²) in [5.74, 6) is 0. The molecular formula is C15H18N2O4S2. The van der Waals surface area contributed by atoms with Crippen molar-refractivity contribution < 1.29 is 16.8 Å². The SMILES string of the molecule is Cc1cccc(C)c1NS(=O)(=O)c1ccc(NS(C)(=O)=O)cc1. The van der Waals surface area contributed by atoms with Gasteiger partial charge in [-0.05, 0) is 49.2 Å². The zero-order valence-corrected chi connectivity index (χ0v) is 14.6. The van der Waals surface area contributed by atoms with Crippen LogP contribution >= 0.6 is 0 Å². The van der Waals surface area contributed by atoms with Gasteiger partial charge in [0.2, 0.25) is 10.0 Å². The lowest BCUT2D eigenvalue weighted by atomic mass is 10.1. The summed E-state index contributed by atoms with van der Waals surface area (Å²) in [5.41, 5.74) is 2.50. The maximum Gasteiger partial charge on any atom is 0.261 e. The molecule has 2 aromatic rings. The molecule has 0 heterocycles. The van der Waals surface area contributed by atoms with Crippen LogP contribution in [0.1, 0.15) is 11.1 Å². The van der Waals surface area contributed by atoms with Crippen LogP contribution in [0.25, 0.3) is 0 Å². The van der Waals surface area contributed by atoms with Gasteiger partial charge in [0.15, 0.2) is 0 Å². The summed E-state index contributed by atoms with van der Waals surface area (Å²) in [6.45, 7) is 3.65. The highest BCUT2D eigenvalue weighted by Gasteiger charge is 2.16. The predicted octanol–water partition coefficient (Wildman–Crippen LogP) is 2.48. The molecule has 2 rings (SSSR count). The first kappa shape index (κ1) is 17.3. The minimum Gasteiger partial charge on any atom is -0.284 e. The third-order valence-corrected chi connectivity index (χ3v) is 5.16. The minimum absolute atomic E-state index is 0.0548. The highest BCUT2D eigenvalue weighted by atomic mass is 32.2. The van der Waals surface area contributed by atoms with E-state index in [1.54, 1.807) is 0 Å². The van der Waals surface area contributed by atoms with E-state index in [1.807, 2.05) is 32.0 Å². The Labute approximate surface area is 136 Å². The van der Waals surface area contributed by atoms with Crippen molar-refractivity contribution in [3.63, 3.8) is 0 Å². The molecule has 0 aromatic heterocycles. The Kier molecular flexibility index (Phi) is 4.67. The van der Waals surface area contributed by atoms with Gasteiger partial charge in [0.1, 0.15) is 0 Å². The Morgan fingerprint density at radius 2 is 1.30 bits per heavy atom. The van der Waals surface area contributed by atoms with Gasteiger partial charge in [-0.1, -0.05) is 18.2 Å². The van der Waals surface area contributed by atoms with E-state index in [2.05, 4.69) is 9.44 Å². The van der Waals surface area contributed by atoms with Crippen LogP contribution in [-0.4, -0.2) is 23.1 Å². The summed E-state index contributed by atoms with van der Waals surface area (Å²) in [6, 6.07) is 11.0. The van der Waals surface area contributed by atoms with Gasteiger partial charge in [-0.25, -0.2) is 16.8 Å². The maximum atomic E-state index is 12.5. The molecule has 2 aromatic carbocycles. The van der Waals surface area contributed by atoms with E-state index >= 15 is 0 Å². The van der Waals surface area contributed by atoms with E-state index in [0.29, 0.717) is 11.4 Å². The summed E-state index contributed by atoms with van der Waals surface area (Å²) in [4.78, 5) is 0.0548. The molecule has 0 radical (unpaired) electrons. The summed E-state index contributed by atoms with van der Waals surface area (Å²) >= 11 is 0. The molecule has 0 aliphatic carbocycles. The van der Waals surface area contributed by atoms with Gasteiger partial charge < -0.3 is 0 Å². The summed E-state index contributed by atoms with van der Waals surface area (Å²) in [6.07, 6.45) is 1.03. The van der Waals surface area contributed by atoms with Gasteiger partial charge in [0.25, 0.3) is 10.0 Å². The molecule has 2 N–H and O–H groups in total. The van der Waals surface area contributed by atoms with Crippen molar-refractivity contribution in [2.75, 3.05) is 15.7 Å². The van der Waals surface area contributed by atoms with Crippen LogP contribution < -0.4 is 9.44 Å². The number of hydrogen-bond donors (Lipinski definition) is 2. The number of anilines is 2. The Morgan fingerprint density at radius 3 is 1.78 bits per heavy atom. The van der Waals surface area contributed by atoms with Crippen molar-refractivity contribution in [2.24, 2.45) is 0 Å². The quantitative estimate of drug-likeness (QED) is 0.863. The first-order chi connectivity index (χ1) is 10.6. The molecule has 0 amide bonds. The monoisotopic (exact) mass is 354 g/mol. The molecular weight excluding hydrogens is 336 g/mol. The average Bonchev–Trinajstić information content (AvgIpc) is 2.42. The fourth-order valence-corrected chi connectivity index (χ4v) is 3.85. The standard InChI is InChI=1S/C15H18N2O4S2/c1-11-5-4-6-12(2)15(11)17-23(20,21)14-9-7-13(8-10-14)16-22(3,18)19/h4-10,16-17H,1-3H3. The normalized spacial score (nSPS) is 12.0. The number of hydrogen-bond acceptors (Lipinski definition) is 4. The van der Waals surface area contributed by atoms with Crippen molar-refractivity contribution in [3.05, 3.63) is 53.6 Å². The van der Waals surface area contributed by atoms with Crippen LogP contribution in [0.3, 0.4) is 0 Å². The molecule has 0 saturated heterocycles. The van der Waals surface area contributed by atoms with E-state index in [4.69, 9.17) is 0 Å². The van der Waals surface area contributed by atoms with Gasteiger partial charge >= 0.3 is 0 Å². The van der Waals surface area contributed by atoms with E-state index in [1.165, 1.54) is 24.3 Å². The van der Waals surface area contributed by atoms with Crippen LogP contribution in [-0.2, 0) is 20.0 Å². The third-order valence-electron chi connectivity index (χ3n) is 3.19. The van der Waals surface area contributed by atoms with Gasteiger partial charge in [-0.3, -0.25) is 9.44 Å². The zero-order valence-electron chi connectivity index (χ0n) is 13.0. The van der Waals surface area contributed by atoms with Crippen molar-refractivity contribution in [3.8, 4) is 0 Å². The lowest BCUT2D eigenvalue weighted by Crippen LogP contribution is -2.15. The minimum atomic E-state index is -3.75. The Balaban J connectivity index is 2.30. The van der Waals surface area contributed by atoms with Crippen molar-refractivity contribution >= 4 is 31.4 Å². The molecule has 0 fully saturated rings. The Bertz CT molecular complexity index is 898. The van der Waals surface area contributed by atoms with Crippen molar-refractivity contribution in [1.29, 1.82) is 0 Å². The van der Waals surface area contributed by atoms with E-state index in [0.717, 1.165) is 17.4 Å². The molecule has 6 nitrogen and oxygen atoms in total. The number of benzene rings is 2. The number of rotatable bonds is 5. The summed E-state index contributed by atoms with van der Waals surface area (Å²) in [5, 5.41) is 0. The van der Waals surface area contributed by atoms with Crippen LogP contribution in [0.5, 0.6) is 0 Å². The summed E-state index contributed by atoms with van der Waals surface area (Å²) in [7, 11) is -7.15. The van der Waals surface area contributed by atoms with Crippen LogP contribution in [0.15, 0.2) is 47.4 Å². The largest absolute Gasteiger partial charge is 0.284 e. The number of para-hydroxylation sites is 1. The second-order valence-corrected chi connectivity index (χ2v) is 8.70. The highest BCUT2D eigenvalue weighted by molar-refractivity contribution is 7.92. The Hall–Kier alpha value is -2.06. The molecule has 0 atom stereocenters. The first-order valence-corrected chi connectivity index (χ1v) is 10.1. The van der Waals surface area contributed by atoms with Crippen LogP contribution in [0.2, 0.25) is 0 Å². The second kappa shape index (κ2) is 6.21. The lowest BCUT2D eigenvalue weighted by molar-refractivity contribution is 0.601. The van der Waals surface area contributed by atoms with Crippen molar-refractivity contribution in [1.82, 2.24) is 0 Å². The fraction of sp³-hybridized carbons (Fsp3) is 0.200. The predicted molar refractivity (Wildman–Crippen MR) is 91.6 cm³/mol. The second-order valence-electron chi connectivity index (χ2n) is 5.27.